The predicted molar refractivity (Wildman–Crippen MR) is 113 cm³/mol. The smallest absolute Gasteiger partial charge is 0.254 e. The number of aromatic nitrogens is 4. The summed E-state index contributed by atoms with van der Waals surface area (Å²) in [6, 6.07) is 13.1. The van der Waals surface area contributed by atoms with Gasteiger partial charge in [-0.05, 0) is 34.7 Å². The highest BCUT2D eigenvalue weighted by Gasteiger charge is 2.27. The Labute approximate surface area is 179 Å². The van der Waals surface area contributed by atoms with Crippen molar-refractivity contribution >= 4 is 11.9 Å². The first-order valence-electron chi connectivity index (χ1n) is 9.84. The molecule has 0 atom stereocenters. The normalized spacial score (nSPS) is 13.8. The maximum absolute atomic E-state index is 13.1. The molecule has 162 valence electrons. The second kappa shape index (κ2) is 8.90. The van der Waals surface area contributed by atoms with Gasteiger partial charge in [0, 0.05) is 31.7 Å². The Morgan fingerprint density at radius 1 is 0.903 bits per heavy atom. The molecule has 31 heavy (non-hydrogen) atoms. The van der Waals surface area contributed by atoms with Crippen LogP contribution < -0.4 is 19.1 Å². The number of nitrogens with zero attached hydrogens (tertiary/aromatic N) is 6. The lowest BCUT2D eigenvalue weighted by Gasteiger charge is -2.35. The van der Waals surface area contributed by atoms with Crippen LogP contribution in [0.5, 0.6) is 17.2 Å². The monoisotopic (exact) mass is 424 g/mol. The molecule has 1 aromatic heterocycles. The third kappa shape index (κ3) is 3.96. The minimum atomic E-state index is -0.0958. The van der Waals surface area contributed by atoms with Crippen LogP contribution in [0.1, 0.15) is 10.4 Å². The van der Waals surface area contributed by atoms with Gasteiger partial charge in [0.15, 0.2) is 11.5 Å². The van der Waals surface area contributed by atoms with Gasteiger partial charge >= 0.3 is 0 Å². The van der Waals surface area contributed by atoms with Crippen molar-refractivity contribution in [2.24, 2.45) is 0 Å². The van der Waals surface area contributed by atoms with E-state index in [9.17, 15) is 4.79 Å². The van der Waals surface area contributed by atoms with Gasteiger partial charge in [-0.3, -0.25) is 4.79 Å². The molecule has 10 nitrogen and oxygen atoms in total. The van der Waals surface area contributed by atoms with Crippen molar-refractivity contribution in [3.05, 3.63) is 48.0 Å². The Morgan fingerprint density at radius 2 is 1.55 bits per heavy atom. The van der Waals surface area contributed by atoms with E-state index < -0.39 is 0 Å². The molecule has 0 radical (unpaired) electrons. The molecule has 0 spiro atoms. The van der Waals surface area contributed by atoms with Crippen molar-refractivity contribution in [2.45, 2.75) is 0 Å². The Morgan fingerprint density at radius 3 is 2.13 bits per heavy atom. The van der Waals surface area contributed by atoms with E-state index in [1.54, 1.807) is 21.7 Å². The van der Waals surface area contributed by atoms with E-state index in [1.165, 1.54) is 21.3 Å². The van der Waals surface area contributed by atoms with E-state index in [0.717, 1.165) is 5.69 Å². The van der Waals surface area contributed by atoms with Gasteiger partial charge in [-0.1, -0.05) is 23.3 Å². The summed E-state index contributed by atoms with van der Waals surface area (Å²) < 4.78 is 17.8. The quantitative estimate of drug-likeness (QED) is 0.590. The fourth-order valence-electron chi connectivity index (χ4n) is 3.61. The Bertz CT molecular complexity index is 1020. The average Bonchev–Trinajstić information content (AvgIpc) is 3.33. The number of piperazine rings is 1. The van der Waals surface area contributed by atoms with E-state index in [1.807, 2.05) is 30.3 Å². The van der Waals surface area contributed by atoms with Crippen molar-refractivity contribution in [3.63, 3.8) is 0 Å². The summed E-state index contributed by atoms with van der Waals surface area (Å²) in [7, 11) is 4.59. The molecule has 1 saturated heterocycles. The van der Waals surface area contributed by atoms with Crippen LogP contribution in [0, 0.1) is 0 Å². The van der Waals surface area contributed by atoms with Gasteiger partial charge in [0.05, 0.1) is 27.0 Å². The minimum absolute atomic E-state index is 0.0958. The molecule has 10 heteroatoms. The number of carbonyl (C=O) groups is 1. The zero-order valence-electron chi connectivity index (χ0n) is 17.7. The standard InChI is InChI=1S/C21H24N6O4/c1-29-17-13-15(14-18(30-2)19(17)31-3)20(28)25-9-11-26(12-10-25)21-22-23-24-27(21)16-7-5-4-6-8-16/h4-8,13-14H,9-12H2,1-3H3. The van der Waals surface area contributed by atoms with Gasteiger partial charge in [0.25, 0.3) is 5.91 Å². The van der Waals surface area contributed by atoms with Gasteiger partial charge in [-0.15, -0.1) is 0 Å². The third-order valence-electron chi connectivity index (χ3n) is 5.22. The van der Waals surface area contributed by atoms with Gasteiger partial charge in [-0.2, -0.15) is 4.68 Å². The van der Waals surface area contributed by atoms with Crippen LogP contribution in [0.15, 0.2) is 42.5 Å². The number of hydrogen-bond donors (Lipinski definition) is 0. The molecule has 0 bridgehead atoms. The van der Waals surface area contributed by atoms with Gasteiger partial charge in [0.2, 0.25) is 11.7 Å². The van der Waals surface area contributed by atoms with Crippen molar-refractivity contribution in [1.82, 2.24) is 25.1 Å². The number of ether oxygens (including phenoxy) is 3. The number of rotatable bonds is 6. The van der Waals surface area contributed by atoms with Crippen LogP contribution in [0.3, 0.4) is 0 Å². The van der Waals surface area contributed by atoms with Crippen LogP contribution >= 0.6 is 0 Å². The molecule has 0 N–H and O–H groups in total. The van der Waals surface area contributed by atoms with E-state index in [0.29, 0.717) is 54.9 Å². The summed E-state index contributed by atoms with van der Waals surface area (Å²) in [6.07, 6.45) is 0. The highest BCUT2D eigenvalue weighted by molar-refractivity contribution is 5.95. The Kier molecular flexibility index (Phi) is 5.87. The van der Waals surface area contributed by atoms with Gasteiger partial charge in [0.1, 0.15) is 0 Å². The number of anilines is 1. The van der Waals surface area contributed by atoms with Crippen LogP contribution in [-0.2, 0) is 0 Å². The summed E-state index contributed by atoms with van der Waals surface area (Å²) in [5.74, 6) is 1.92. The lowest BCUT2D eigenvalue weighted by Crippen LogP contribution is -2.49. The molecule has 1 amide bonds. The number of hydrogen-bond acceptors (Lipinski definition) is 8. The number of tetrazole rings is 1. The zero-order chi connectivity index (χ0) is 21.8. The molecule has 1 fully saturated rings. The first-order chi connectivity index (χ1) is 15.2. The zero-order valence-corrected chi connectivity index (χ0v) is 17.7. The molecule has 3 aromatic rings. The minimum Gasteiger partial charge on any atom is -0.493 e. The summed E-state index contributed by atoms with van der Waals surface area (Å²) in [6.45, 7) is 2.31. The Balaban J connectivity index is 1.49. The van der Waals surface area contributed by atoms with E-state index in [-0.39, 0.29) is 5.91 Å². The molecule has 1 aliphatic rings. The fourth-order valence-corrected chi connectivity index (χ4v) is 3.61. The largest absolute Gasteiger partial charge is 0.493 e. The van der Waals surface area contributed by atoms with Crippen LogP contribution in [0.2, 0.25) is 0 Å². The van der Waals surface area contributed by atoms with Gasteiger partial charge < -0.3 is 24.0 Å². The van der Waals surface area contributed by atoms with Crippen LogP contribution in [-0.4, -0.2) is 78.5 Å². The molecule has 0 aliphatic carbocycles. The summed E-state index contributed by atoms with van der Waals surface area (Å²) >= 11 is 0. The fraction of sp³-hybridized carbons (Fsp3) is 0.333. The molecular weight excluding hydrogens is 400 g/mol. The molecule has 2 heterocycles. The van der Waals surface area contributed by atoms with Crippen molar-refractivity contribution < 1.29 is 19.0 Å². The topological polar surface area (TPSA) is 94.8 Å². The number of benzene rings is 2. The molecule has 2 aromatic carbocycles. The van der Waals surface area contributed by atoms with E-state index in [4.69, 9.17) is 14.2 Å². The highest BCUT2D eigenvalue weighted by Crippen LogP contribution is 2.38. The lowest BCUT2D eigenvalue weighted by molar-refractivity contribution is 0.0745. The maximum Gasteiger partial charge on any atom is 0.254 e. The SMILES string of the molecule is COc1cc(C(=O)N2CCN(c3nnnn3-c3ccccc3)CC2)cc(OC)c1OC. The van der Waals surface area contributed by atoms with Crippen molar-refractivity contribution in [1.29, 1.82) is 0 Å². The number of para-hydroxylation sites is 1. The number of amides is 1. The second-order valence-corrected chi connectivity index (χ2v) is 6.92. The molecular formula is C21H24N6O4. The van der Waals surface area contributed by atoms with Crippen LogP contribution in [0.25, 0.3) is 5.69 Å². The summed E-state index contributed by atoms with van der Waals surface area (Å²) in [4.78, 5) is 17.0. The van der Waals surface area contributed by atoms with Crippen LogP contribution in [0.4, 0.5) is 5.95 Å². The van der Waals surface area contributed by atoms with E-state index >= 15 is 0 Å². The first-order valence-corrected chi connectivity index (χ1v) is 9.84. The summed E-state index contributed by atoms with van der Waals surface area (Å²) in [5, 5.41) is 12.1. The third-order valence-corrected chi connectivity index (χ3v) is 5.22. The highest BCUT2D eigenvalue weighted by atomic mass is 16.5. The van der Waals surface area contributed by atoms with Gasteiger partial charge in [-0.25, -0.2) is 0 Å². The van der Waals surface area contributed by atoms with Crippen molar-refractivity contribution in [3.8, 4) is 22.9 Å². The number of methoxy groups -OCH3 is 3. The molecule has 1 aliphatic heterocycles. The average molecular weight is 424 g/mol. The Hall–Kier alpha value is -3.82. The van der Waals surface area contributed by atoms with Crippen molar-refractivity contribution in [2.75, 3.05) is 52.4 Å². The lowest BCUT2D eigenvalue weighted by atomic mass is 10.1. The maximum atomic E-state index is 13.1. The molecule has 0 saturated carbocycles. The summed E-state index contributed by atoms with van der Waals surface area (Å²) in [5.41, 5.74) is 1.37. The molecule has 0 unspecified atom stereocenters. The molecule has 4 rings (SSSR count). The first kappa shape index (κ1) is 20.5. The van der Waals surface area contributed by atoms with E-state index in [2.05, 4.69) is 20.4 Å². The predicted octanol–water partition coefficient (Wildman–Crippen LogP) is 1.65. The second-order valence-electron chi connectivity index (χ2n) is 6.92. The number of carbonyl (C=O) groups excluding carboxylic acids is 1.